The average Bonchev–Trinajstić information content (AvgIpc) is 2.95. The SMILES string of the molecule is CCNC(=O)[C@@H](CC)N(Cc1ccccc1)C(=O)CN1C(=O)c2ccccc2S1(=O)=O. The second kappa shape index (κ2) is 9.30. The van der Waals surface area contributed by atoms with Gasteiger partial charge in [0, 0.05) is 13.1 Å². The second-order valence-electron chi connectivity index (χ2n) is 7.14. The number of rotatable bonds is 8. The third-order valence-corrected chi connectivity index (χ3v) is 6.91. The summed E-state index contributed by atoms with van der Waals surface area (Å²) in [6.07, 6.45) is 0.339. The number of carbonyl (C=O) groups excluding carboxylic acids is 3. The molecule has 0 aromatic heterocycles. The third kappa shape index (κ3) is 4.46. The minimum Gasteiger partial charge on any atom is -0.355 e. The largest absolute Gasteiger partial charge is 0.355 e. The topological polar surface area (TPSA) is 104 Å². The van der Waals surface area contributed by atoms with E-state index in [1.807, 2.05) is 30.3 Å². The molecule has 2 aromatic rings. The number of benzene rings is 2. The average molecular weight is 444 g/mol. The van der Waals surface area contributed by atoms with Crippen LogP contribution in [-0.2, 0) is 26.2 Å². The van der Waals surface area contributed by atoms with Gasteiger partial charge in [-0.25, -0.2) is 12.7 Å². The van der Waals surface area contributed by atoms with Crippen LogP contribution < -0.4 is 5.32 Å². The van der Waals surface area contributed by atoms with Crippen molar-refractivity contribution in [1.82, 2.24) is 14.5 Å². The van der Waals surface area contributed by atoms with E-state index in [0.717, 1.165) is 5.56 Å². The molecule has 9 heteroatoms. The quantitative estimate of drug-likeness (QED) is 0.670. The maximum absolute atomic E-state index is 13.3. The maximum Gasteiger partial charge on any atom is 0.269 e. The Morgan fingerprint density at radius 3 is 2.29 bits per heavy atom. The Balaban J connectivity index is 1.91. The smallest absolute Gasteiger partial charge is 0.269 e. The first-order valence-corrected chi connectivity index (χ1v) is 11.5. The van der Waals surface area contributed by atoms with Gasteiger partial charge in [0.15, 0.2) is 0 Å². The van der Waals surface area contributed by atoms with Crippen molar-refractivity contribution in [2.24, 2.45) is 0 Å². The fourth-order valence-electron chi connectivity index (χ4n) is 3.59. The summed E-state index contributed by atoms with van der Waals surface area (Å²) >= 11 is 0. The molecule has 1 aliphatic heterocycles. The minimum absolute atomic E-state index is 0.0423. The van der Waals surface area contributed by atoms with Gasteiger partial charge in [-0.1, -0.05) is 49.4 Å². The molecular weight excluding hydrogens is 418 g/mol. The molecule has 0 fully saturated rings. The van der Waals surface area contributed by atoms with Gasteiger partial charge in [-0.05, 0) is 31.0 Å². The molecule has 1 atom stereocenters. The van der Waals surface area contributed by atoms with Crippen molar-refractivity contribution in [3.05, 3.63) is 65.7 Å². The number of hydrogen-bond acceptors (Lipinski definition) is 5. The lowest BCUT2D eigenvalue weighted by atomic mass is 10.1. The van der Waals surface area contributed by atoms with Gasteiger partial charge < -0.3 is 10.2 Å². The Labute approximate surface area is 181 Å². The minimum atomic E-state index is -4.12. The van der Waals surface area contributed by atoms with Gasteiger partial charge in [-0.3, -0.25) is 14.4 Å². The van der Waals surface area contributed by atoms with Gasteiger partial charge >= 0.3 is 0 Å². The van der Waals surface area contributed by atoms with Crippen molar-refractivity contribution in [2.75, 3.05) is 13.1 Å². The van der Waals surface area contributed by atoms with Crippen molar-refractivity contribution >= 4 is 27.7 Å². The van der Waals surface area contributed by atoms with Crippen LogP contribution >= 0.6 is 0 Å². The van der Waals surface area contributed by atoms with Crippen molar-refractivity contribution in [2.45, 2.75) is 37.8 Å². The lowest BCUT2D eigenvalue weighted by Gasteiger charge is -2.31. The summed E-state index contributed by atoms with van der Waals surface area (Å²) in [4.78, 5) is 39.8. The van der Waals surface area contributed by atoms with Crippen LogP contribution in [0.2, 0.25) is 0 Å². The molecule has 0 spiro atoms. The predicted molar refractivity (Wildman–Crippen MR) is 114 cm³/mol. The van der Waals surface area contributed by atoms with Crippen LogP contribution in [0.1, 0.15) is 36.2 Å². The number of likely N-dealkylation sites (N-methyl/N-ethyl adjacent to an activating group) is 1. The highest BCUT2D eigenvalue weighted by Crippen LogP contribution is 2.30. The first-order valence-electron chi connectivity index (χ1n) is 10.1. The number of sulfonamides is 1. The molecule has 3 amide bonds. The summed E-state index contributed by atoms with van der Waals surface area (Å²) in [5.41, 5.74) is 0.832. The van der Waals surface area contributed by atoms with Crippen LogP contribution in [0.5, 0.6) is 0 Å². The Morgan fingerprint density at radius 1 is 1.03 bits per heavy atom. The fourth-order valence-corrected chi connectivity index (χ4v) is 5.11. The van der Waals surface area contributed by atoms with Crippen LogP contribution in [0.4, 0.5) is 0 Å². The Hall–Kier alpha value is -3.20. The highest BCUT2D eigenvalue weighted by Gasteiger charge is 2.43. The summed E-state index contributed by atoms with van der Waals surface area (Å²) in [6.45, 7) is 3.40. The number of nitrogens with one attached hydrogen (secondary N) is 1. The lowest BCUT2D eigenvalue weighted by Crippen LogP contribution is -2.52. The number of carbonyl (C=O) groups is 3. The van der Waals surface area contributed by atoms with Gasteiger partial charge in [0.1, 0.15) is 17.5 Å². The van der Waals surface area contributed by atoms with Crippen molar-refractivity contribution in [3.8, 4) is 0 Å². The highest BCUT2D eigenvalue weighted by atomic mass is 32.2. The van der Waals surface area contributed by atoms with Crippen LogP contribution in [0, 0.1) is 0 Å². The molecule has 1 aliphatic rings. The zero-order chi connectivity index (χ0) is 22.6. The molecule has 0 bridgehead atoms. The first-order chi connectivity index (χ1) is 14.8. The van der Waals surface area contributed by atoms with Crippen molar-refractivity contribution in [3.63, 3.8) is 0 Å². The monoisotopic (exact) mass is 443 g/mol. The van der Waals surface area contributed by atoms with Crippen LogP contribution in [0.15, 0.2) is 59.5 Å². The summed E-state index contributed by atoms with van der Waals surface area (Å²) in [6, 6.07) is 14.2. The zero-order valence-electron chi connectivity index (χ0n) is 17.4. The molecule has 0 saturated carbocycles. The van der Waals surface area contributed by atoms with Gasteiger partial charge in [0.25, 0.3) is 15.9 Å². The number of amides is 3. The molecule has 1 N–H and O–H groups in total. The highest BCUT2D eigenvalue weighted by molar-refractivity contribution is 7.90. The molecule has 0 unspecified atom stereocenters. The fraction of sp³-hybridized carbons (Fsp3) is 0.318. The van der Waals surface area contributed by atoms with E-state index < -0.39 is 34.4 Å². The van der Waals surface area contributed by atoms with Crippen LogP contribution in [0.3, 0.4) is 0 Å². The third-order valence-electron chi connectivity index (χ3n) is 5.12. The summed E-state index contributed by atoms with van der Waals surface area (Å²) in [7, 11) is -4.12. The van der Waals surface area contributed by atoms with E-state index in [0.29, 0.717) is 17.3 Å². The van der Waals surface area contributed by atoms with E-state index in [9.17, 15) is 22.8 Å². The molecule has 0 radical (unpaired) electrons. The number of fused-ring (bicyclic) bond motifs is 1. The predicted octanol–water partition coefficient (Wildman–Crippen LogP) is 1.77. The molecule has 164 valence electrons. The molecule has 31 heavy (non-hydrogen) atoms. The molecular formula is C22H25N3O5S. The molecule has 2 aromatic carbocycles. The molecule has 0 saturated heterocycles. The van der Waals surface area contributed by atoms with E-state index in [-0.39, 0.29) is 22.9 Å². The van der Waals surface area contributed by atoms with E-state index in [2.05, 4.69) is 5.32 Å². The zero-order valence-corrected chi connectivity index (χ0v) is 18.3. The first kappa shape index (κ1) is 22.5. The molecule has 0 aliphatic carbocycles. The Bertz CT molecular complexity index is 1090. The van der Waals surface area contributed by atoms with Crippen LogP contribution in [0.25, 0.3) is 0 Å². The van der Waals surface area contributed by atoms with Crippen molar-refractivity contribution < 1.29 is 22.8 Å². The molecule has 1 heterocycles. The molecule has 3 rings (SSSR count). The summed E-state index contributed by atoms with van der Waals surface area (Å²) < 4.78 is 26.3. The maximum atomic E-state index is 13.3. The lowest BCUT2D eigenvalue weighted by molar-refractivity contribution is -0.141. The number of nitrogens with zero attached hydrogens (tertiary/aromatic N) is 2. The summed E-state index contributed by atoms with van der Waals surface area (Å²) in [5, 5.41) is 2.72. The van der Waals surface area contributed by atoms with Crippen molar-refractivity contribution in [1.29, 1.82) is 0 Å². The standard InChI is InChI=1S/C22H25N3O5S/c1-3-18(21(27)23-4-2)24(14-16-10-6-5-7-11-16)20(26)15-25-22(28)17-12-8-9-13-19(17)31(25,29)30/h5-13,18H,3-4,14-15H2,1-2H3,(H,23,27)/t18-/m1/s1. The van der Waals surface area contributed by atoms with E-state index in [1.54, 1.807) is 19.9 Å². The van der Waals surface area contributed by atoms with Gasteiger partial charge in [0.05, 0.1) is 5.56 Å². The van der Waals surface area contributed by atoms with Crippen LogP contribution in [-0.4, -0.2) is 54.5 Å². The van der Waals surface area contributed by atoms with Gasteiger partial charge in [0.2, 0.25) is 11.8 Å². The molecule has 8 nitrogen and oxygen atoms in total. The van der Waals surface area contributed by atoms with Gasteiger partial charge in [-0.2, -0.15) is 0 Å². The number of hydrogen-bond donors (Lipinski definition) is 1. The van der Waals surface area contributed by atoms with Gasteiger partial charge in [-0.15, -0.1) is 0 Å². The van der Waals surface area contributed by atoms with E-state index in [4.69, 9.17) is 0 Å². The second-order valence-corrected chi connectivity index (χ2v) is 8.97. The van der Waals surface area contributed by atoms with E-state index in [1.165, 1.54) is 23.1 Å². The normalized spacial score (nSPS) is 15.3. The van der Waals surface area contributed by atoms with E-state index >= 15 is 0 Å². The Kier molecular flexibility index (Phi) is 6.74. The summed E-state index contributed by atoms with van der Waals surface area (Å²) in [5.74, 6) is -1.69. The Morgan fingerprint density at radius 2 is 1.68 bits per heavy atom.